The Morgan fingerprint density at radius 3 is 3.05 bits per heavy atom. The molecule has 3 atom stereocenters. The predicted molar refractivity (Wildman–Crippen MR) is 78.9 cm³/mol. The molecule has 1 aromatic rings. The minimum absolute atomic E-state index is 0.146. The molecule has 5 nitrogen and oxygen atoms in total. The minimum Gasteiger partial charge on any atom is -0.465 e. The van der Waals surface area contributed by atoms with E-state index in [-0.39, 0.29) is 12.0 Å². The predicted octanol–water partition coefficient (Wildman–Crippen LogP) is 1.74. The average molecular weight is 292 g/mol. The Morgan fingerprint density at radius 2 is 2.33 bits per heavy atom. The molecule has 1 saturated carbocycles. The van der Waals surface area contributed by atoms with Crippen LogP contribution in [0.5, 0.6) is 0 Å². The van der Waals surface area contributed by atoms with E-state index in [0.29, 0.717) is 25.6 Å². The summed E-state index contributed by atoms with van der Waals surface area (Å²) in [5, 5.41) is 3.26. The number of nitrogens with one attached hydrogen (secondary N) is 1. The van der Waals surface area contributed by atoms with E-state index in [4.69, 9.17) is 9.15 Å². The summed E-state index contributed by atoms with van der Waals surface area (Å²) in [6.07, 6.45) is 1.23. The first-order valence-corrected chi connectivity index (χ1v) is 7.89. The Balaban J connectivity index is 1.63. The molecular weight excluding hydrogens is 268 g/mol. The quantitative estimate of drug-likeness (QED) is 0.838. The lowest BCUT2D eigenvalue weighted by Crippen LogP contribution is -2.54. The average Bonchev–Trinajstić information content (AvgIpc) is 3.03. The lowest BCUT2D eigenvalue weighted by molar-refractivity contribution is -0.150. The van der Waals surface area contributed by atoms with Crippen LogP contribution in [0.25, 0.3) is 0 Å². The Labute approximate surface area is 125 Å². The number of rotatable bonds is 5. The van der Waals surface area contributed by atoms with Gasteiger partial charge in [0.25, 0.3) is 0 Å². The molecule has 0 aromatic carbocycles. The Hall–Kier alpha value is -1.33. The van der Waals surface area contributed by atoms with E-state index in [1.54, 1.807) is 0 Å². The van der Waals surface area contributed by atoms with Crippen molar-refractivity contribution in [3.63, 3.8) is 0 Å². The molecule has 5 heteroatoms. The fraction of sp³-hybridized carbons (Fsp3) is 0.688. The largest absolute Gasteiger partial charge is 0.465 e. The minimum atomic E-state index is -0.216. The van der Waals surface area contributed by atoms with E-state index in [2.05, 4.69) is 23.2 Å². The van der Waals surface area contributed by atoms with Crippen LogP contribution in [0.1, 0.15) is 37.7 Å². The summed E-state index contributed by atoms with van der Waals surface area (Å²) in [5.41, 5.74) is 0. The van der Waals surface area contributed by atoms with Gasteiger partial charge in [-0.2, -0.15) is 0 Å². The molecule has 0 radical (unpaired) electrons. The Bertz CT molecular complexity index is 499. The molecule has 0 amide bonds. The van der Waals surface area contributed by atoms with Gasteiger partial charge in [-0.25, -0.2) is 0 Å². The molecule has 2 heterocycles. The Morgan fingerprint density at radius 1 is 1.52 bits per heavy atom. The van der Waals surface area contributed by atoms with Gasteiger partial charge in [-0.1, -0.05) is 6.92 Å². The number of carbonyl (C=O) groups is 1. The van der Waals surface area contributed by atoms with Crippen LogP contribution in [-0.4, -0.2) is 43.2 Å². The summed E-state index contributed by atoms with van der Waals surface area (Å²) < 4.78 is 11.1. The summed E-state index contributed by atoms with van der Waals surface area (Å²) >= 11 is 0. The van der Waals surface area contributed by atoms with Crippen LogP contribution in [0.15, 0.2) is 16.5 Å². The number of piperazine rings is 1. The molecule has 2 fully saturated rings. The zero-order valence-electron chi connectivity index (χ0n) is 12.8. The third-order valence-corrected chi connectivity index (χ3v) is 4.43. The topological polar surface area (TPSA) is 54.7 Å². The van der Waals surface area contributed by atoms with Gasteiger partial charge >= 0.3 is 5.97 Å². The number of ether oxygens (including phenoxy) is 1. The molecule has 1 aromatic heterocycles. The number of hydrogen-bond donors (Lipinski definition) is 1. The van der Waals surface area contributed by atoms with Gasteiger partial charge < -0.3 is 14.5 Å². The molecule has 1 N–H and O–H groups in total. The zero-order valence-corrected chi connectivity index (χ0v) is 12.8. The van der Waals surface area contributed by atoms with Gasteiger partial charge in [-0.15, -0.1) is 0 Å². The first kappa shape index (κ1) is 14.6. The lowest BCUT2D eigenvalue weighted by atomic mass is 10.2. The molecule has 2 aliphatic rings. The Kier molecular flexibility index (Phi) is 4.31. The van der Waals surface area contributed by atoms with Gasteiger partial charge in [0.1, 0.15) is 17.6 Å². The van der Waals surface area contributed by atoms with E-state index in [9.17, 15) is 4.79 Å². The molecule has 116 valence electrons. The van der Waals surface area contributed by atoms with Crippen molar-refractivity contribution < 1.29 is 13.9 Å². The highest BCUT2D eigenvalue weighted by molar-refractivity contribution is 5.76. The monoisotopic (exact) mass is 292 g/mol. The zero-order chi connectivity index (χ0) is 14.8. The molecule has 1 aliphatic carbocycles. The third kappa shape index (κ3) is 3.30. The van der Waals surface area contributed by atoms with Crippen molar-refractivity contribution in [3.8, 4) is 0 Å². The first-order valence-electron chi connectivity index (χ1n) is 7.89. The molecule has 3 rings (SSSR count). The summed E-state index contributed by atoms with van der Waals surface area (Å²) in [5.74, 6) is 3.24. The van der Waals surface area contributed by atoms with Crippen LogP contribution >= 0.6 is 0 Å². The highest BCUT2D eigenvalue weighted by Crippen LogP contribution is 2.47. The number of hydrogen-bond acceptors (Lipinski definition) is 5. The van der Waals surface area contributed by atoms with E-state index in [1.165, 1.54) is 6.42 Å². The molecule has 0 bridgehead atoms. The van der Waals surface area contributed by atoms with Gasteiger partial charge in [0.15, 0.2) is 0 Å². The third-order valence-electron chi connectivity index (χ3n) is 4.43. The molecular formula is C16H24N2O3. The maximum Gasteiger partial charge on any atom is 0.324 e. The van der Waals surface area contributed by atoms with Crippen molar-refractivity contribution in [1.29, 1.82) is 0 Å². The second-order valence-corrected chi connectivity index (χ2v) is 6.07. The van der Waals surface area contributed by atoms with Crippen LogP contribution in [0.4, 0.5) is 0 Å². The van der Waals surface area contributed by atoms with Gasteiger partial charge in [0.2, 0.25) is 0 Å². The van der Waals surface area contributed by atoms with Crippen molar-refractivity contribution in [2.24, 2.45) is 5.92 Å². The SMILES string of the molecule is CCOC(=O)C1CNCCN1Cc1ccc(C2CC2C)o1. The molecule has 1 aliphatic heterocycles. The number of furan rings is 1. The number of esters is 1. The van der Waals surface area contributed by atoms with Crippen molar-refractivity contribution in [1.82, 2.24) is 10.2 Å². The van der Waals surface area contributed by atoms with Crippen LogP contribution in [-0.2, 0) is 16.1 Å². The smallest absolute Gasteiger partial charge is 0.324 e. The van der Waals surface area contributed by atoms with Gasteiger partial charge in [-0.05, 0) is 31.4 Å². The van der Waals surface area contributed by atoms with Gasteiger partial charge in [0, 0.05) is 25.6 Å². The van der Waals surface area contributed by atoms with Crippen molar-refractivity contribution in [2.45, 2.75) is 38.8 Å². The number of carbonyl (C=O) groups excluding carboxylic acids is 1. The van der Waals surface area contributed by atoms with Crippen molar-refractivity contribution in [3.05, 3.63) is 23.7 Å². The summed E-state index contributed by atoms with van der Waals surface area (Å²) in [6, 6.07) is 3.92. The highest BCUT2D eigenvalue weighted by Gasteiger charge is 2.37. The maximum atomic E-state index is 12.0. The van der Waals surface area contributed by atoms with E-state index in [0.717, 1.165) is 30.5 Å². The summed E-state index contributed by atoms with van der Waals surface area (Å²) in [6.45, 7) is 7.56. The fourth-order valence-corrected chi connectivity index (χ4v) is 3.00. The molecule has 3 unspecified atom stereocenters. The molecule has 0 spiro atoms. The van der Waals surface area contributed by atoms with Crippen LogP contribution in [0, 0.1) is 5.92 Å². The molecule has 1 saturated heterocycles. The maximum absolute atomic E-state index is 12.0. The first-order chi connectivity index (χ1) is 10.2. The van der Waals surface area contributed by atoms with E-state index < -0.39 is 0 Å². The number of nitrogens with zero attached hydrogens (tertiary/aromatic N) is 1. The second kappa shape index (κ2) is 6.20. The standard InChI is InChI=1S/C16H24N2O3/c1-3-20-16(19)14-9-17-6-7-18(14)10-12-4-5-15(21-12)13-8-11(13)2/h4-5,11,13-14,17H,3,6-10H2,1-2H3. The van der Waals surface area contributed by atoms with Gasteiger partial charge in [-0.3, -0.25) is 9.69 Å². The van der Waals surface area contributed by atoms with Crippen LogP contribution in [0.3, 0.4) is 0 Å². The summed E-state index contributed by atoms with van der Waals surface area (Å²) in [4.78, 5) is 14.2. The van der Waals surface area contributed by atoms with Crippen molar-refractivity contribution >= 4 is 5.97 Å². The highest BCUT2D eigenvalue weighted by atomic mass is 16.5. The fourth-order valence-electron chi connectivity index (χ4n) is 3.00. The van der Waals surface area contributed by atoms with Gasteiger partial charge in [0.05, 0.1) is 13.2 Å². The summed E-state index contributed by atoms with van der Waals surface area (Å²) in [7, 11) is 0. The van der Waals surface area contributed by atoms with E-state index in [1.807, 2.05) is 13.0 Å². The van der Waals surface area contributed by atoms with E-state index >= 15 is 0 Å². The normalized spacial score (nSPS) is 29.3. The van der Waals surface area contributed by atoms with Crippen molar-refractivity contribution in [2.75, 3.05) is 26.2 Å². The lowest BCUT2D eigenvalue weighted by Gasteiger charge is -2.33. The molecule has 21 heavy (non-hydrogen) atoms. The van der Waals surface area contributed by atoms with Crippen LogP contribution < -0.4 is 5.32 Å². The van der Waals surface area contributed by atoms with Crippen LogP contribution in [0.2, 0.25) is 0 Å². The second-order valence-electron chi connectivity index (χ2n) is 6.07.